The topological polar surface area (TPSA) is 46.9 Å². The van der Waals surface area contributed by atoms with Gasteiger partial charge in [0.1, 0.15) is 5.69 Å². The summed E-state index contributed by atoms with van der Waals surface area (Å²) in [5, 5.41) is 7.75. The van der Waals surface area contributed by atoms with Crippen LogP contribution in [-0.2, 0) is 7.05 Å². The Kier molecular flexibility index (Phi) is 3.59. The Morgan fingerprint density at radius 3 is 2.61 bits per heavy atom. The van der Waals surface area contributed by atoms with Gasteiger partial charge in [-0.25, -0.2) is 0 Å². The molecule has 0 aliphatic carbocycles. The summed E-state index contributed by atoms with van der Waals surface area (Å²) in [5.41, 5.74) is 1.77. The Hall–Kier alpha value is -1.52. The Morgan fingerprint density at radius 2 is 2.06 bits per heavy atom. The highest BCUT2D eigenvalue weighted by Gasteiger charge is 2.13. The van der Waals surface area contributed by atoms with E-state index in [-0.39, 0.29) is 5.91 Å². The van der Waals surface area contributed by atoms with Crippen molar-refractivity contribution < 1.29 is 4.79 Å². The number of nitrogens with one attached hydrogen (secondary N) is 1. The molecule has 0 fully saturated rings. The van der Waals surface area contributed by atoms with Gasteiger partial charge in [0.2, 0.25) is 0 Å². The Labute approximate surface area is 115 Å². The number of hydrogen-bond acceptors (Lipinski definition) is 2. The lowest BCUT2D eigenvalue weighted by molar-refractivity contribution is 0.101. The summed E-state index contributed by atoms with van der Waals surface area (Å²) < 4.78 is 1.52. The van der Waals surface area contributed by atoms with Gasteiger partial charge in [-0.3, -0.25) is 9.48 Å². The molecule has 4 nitrogen and oxygen atoms in total. The second-order valence-corrected chi connectivity index (χ2v) is 4.72. The molecule has 0 unspecified atom stereocenters. The van der Waals surface area contributed by atoms with E-state index in [0.29, 0.717) is 21.4 Å². The van der Waals surface area contributed by atoms with Crippen LogP contribution in [0.2, 0.25) is 10.0 Å². The molecule has 0 spiro atoms. The second kappa shape index (κ2) is 5.00. The van der Waals surface area contributed by atoms with Crippen molar-refractivity contribution in [2.75, 3.05) is 5.32 Å². The second-order valence-electron chi connectivity index (χ2n) is 3.87. The molecular formula is C12H11Cl2N3O. The predicted molar refractivity (Wildman–Crippen MR) is 72.4 cm³/mol. The molecule has 0 radical (unpaired) electrons. The van der Waals surface area contributed by atoms with Crippen LogP contribution in [0.4, 0.5) is 5.69 Å². The van der Waals surface area contributed by atoms with Crippen molar-refractivity contribution in [3.05, 3.63) is 45.7 Å². The van der Waals surface area contributed by atoms with Crippen molar-refractivity contribution in [1.29, 1.82) is 0 Å². The molecule has 94 valence electrons. The van der Waals surface area contributed by atoms with E-state index in [1.165, 1.54) is 4.68 Å². The number of rotatable bonds is 2. The van der Waals surface area contributed by atoms with Gasteiger partial charge in [-0.1, -0.05) is 23.2 Å². The zero-order chi connectivity index (χ0) is 13.3. The lowest BCUT2D eigenvalue weighted by Crippen LogP contribution is -2.16. The van der Waals surface area contributed by atoms with Gasteiger partial charge in [0.15, 0.2) is 0 Å². The normalized spacial score (nSPS) is 10.4. The van der Waals surface area contributed by atoms with Crippen molar-refractivity contribution in [3.63, 3.8) is 0 Å². The number of aromatic nitrogens is 2. The molecule has 1 N–H and O–H groups in total. The molecule has 1 heterocycles. The third-order valence-corrected chi connectivity index (χ3v) is 2.96. The van der Waals surface area contributed by atoms with Gasteiger partial charge in [0.25, 0.3) is 5.91 Å². The molecule has 1 aromatic heterocycles. The molecule has 0 aliphatic rings. The average Bonchev–Trinajstić information content (AvgIpc) is 2.62. The van der Waals surface area contributed by atoms with Crippen molar-refractivity contribution in [1.82, 2.24) is 9.78 Å². The molecule has 0 bridgehead atoms. The highest BCUT2D eigenvalue weighted by molar-refractivity contribution is 6.36. The SMILES string of the molecule is Cc1cc(C(=O)Nc2ccc(Cl)cc2Cl)n(C)n1. The van der Waals surface area contributed by atoms with E-state index in [9.17, 15) is 4.79 Å². The summed E-state index contributed by atoms with van der Waals surface area (Å²) in [6.45, 7) is 1.83. The van der Waals surface area contributed by atoms with Crippen LogP contribution in [0.5, 0.6) is 0 Å². The number of benzene rings is 1. The summed E-state index contributed by atoms with van der Waals surface area (Å²) in [6.07, 6.45) is 0. The number of hydrogen-bond donors (Lipinski definition) is 1. The number of anilines is 1. The van der Waals surface area contributed by atoms with Crippen LogP contribution in [0, 0.1) is 6.92 Å². The summed E-state index contributed by atoms with van der Waals surface area (Å²) in [5.74, 6) is -0.262. The number of nitrogens with zero attached hydrogens (tertiary/aromatic N) is 2. The zero-order valence-corrected chi connectivity index (χ0v) is 11.4. The monoisotopic (exact) mass is 283 g/mol. The number of aryl methyl sites for hydroxylation is 2. The van der Waals surface area contributed by atoms with E-state index in [1.807, 2.05) is 6.92 Å². The molecule has 2 rings (SSSR count). The fourth-order valence-electron chi connectivity index (χ4n) is 1.60. The number of carbonyl (C=O) groups is 1. The van der Waals surface area contributed by atoms with E-state index in [4.69, 9.17) is 23.2 Å². The number of amides is 1. The average molecular weight is 284 g/mol. The highest BCUT2D eigenvalue weighted by atomic mass is 35.5. The van der Waals surface area contributed by atoms with Gasteiger partial charge < -0.3 is 5.32 Å². The van der Waals surface area contributed by atoms with Crippen LogP contribution in [0.15, 0.2) is 24.3 Å². The van der Waals surface area contributed by atoms with Crippen molar-refractivity contribution in [2.45, 2.75) is 6.92 Å². The minimum Gasteiger partial charge on any atom is -0.319 e. The van der Waals surface area contributed by atoms with Gasteiger partial charge in [0.05, 0.1) is 16.4 Å². The smallest absolute Gasteiger partial charge is 0.273 e. The molecule has 0 aliphatic heterocycles. The van der Waals surface area contributed by atoms with Crippen LogP contribution in [0.3, 0.4) is 0 Å². The van der Waals surface area contributed by atoms with Crippen molar-refractivity contribution in [3.8, 4) is 0 Å². The van der Waals surface area contributed by atoms with Crippen LogP contribution >= 0.6 is 23.2 Å². The van der Waals surface area contributed by atoms with E-state index in [0.717, 1.165) is 5.69 Å². The Morgan fingerprint density at radius 1 is 1.33 bits per heavy atom. The molecule has 1 amide bonds. The lowest BCUT2D eigenvalue weighted by atomic mass is 10.3. The Bertz CT molecular complexity index is 607. The van der Waals surface area contributed by atoms with Crippen molar-refractivity contribution in [2.24, 2.45) is 7.05 Å². The maximum Gasteiger partial charge on any atom is 0.273 e. The van der Waals surface area contributed by atoms with Gasteiger partial charge in [-0.15, -0.1) is 0 Å². The maximum atomic E-state index is 12.0. The first-order valence-corrected chi connectivity index (χ1v) is 6.00. The van der Waals surface area contributed by atoms with E-state index in [1.54, 1.807) is 31.3 Å². The number of carbonyl (C=O) groups excluding carboxylic acids is 1. The maximum absolute atomic E-state index is 12.0. The van der Waals surface area contributed by atoms with E-state index in [2.05, 4.69) is 10.4 Å². The van der Waals surface area contributed by atoms with E-state index < -0.39 is 0 Å². The number of halogens is 2. The molecule has 2 aromatic rings. The zero-order valence-electron chi connectivity index (χ0n) is 9.87. The van der Waals surface area contributed by atoms with Crippen LogP contribution in [0.1, 0.15) is 16.2 Å². The van der Waals surface area contributed by atoms with E-state index >= 15 is 0 Å². The first-order chi connectivity index (χ1) is 8.47. The fraction of sp³-hybridized carbons (Fsp3) is 0.167. The largest absolute Gasteiger partial charge is 0.319 e. The Balaban J connectivity index is 2.24. The summed E-state index contributed by atoms with van der Waals surface area (Å²) in [6, 6.07) is 6.61. The van der Waals surface area contributed by atoms with Gasteiger partial charge in [-0.2, -0.15) is 5.10 Å². The first-order valence-electron chi connectivity index (χ1n) is 5.24. The third kappa shape index (κ3) is 2.66. The van der Waals surface area contributed by atoms with Gasteiger partial charge in [0, 0.05) is 12.1 Å². The third-order valence-electron chi connectivity index (χ3n) is 2.41. The lowest BCUT2D eigenvalue weighted by Gasteiger charge is -2.07. The molecule has 0 atom stereocenters. The van der Waals surface area contributed by atoms with Crippen molar-refractivity contribution >= 4 is 34.8 Å². The molecule has 1 aromatic carbocycles. The molecule has 18 heavy (non-hydrogen) atoms. The van der Waals surface area contributed by atoms with Crippen LogP contribution in [-0.4, -0.2) is 15.7 Å². The fourth-order valence-corrected chi connectivity index (χ4v) is 2.06. The standard InChI is InChI=1S/C12H11Cl2N3O/c1-7-5-11(17(2)16-7)12(18)15-10-4-3-8(13)6-9(10)14/h3-6H,1-2H3,(H,15,18). The molecule has 6 heteroatoms. The summed E-state index contributed by atoms with van der Waals surface area (Å²) >= 11 is 11.8. The minimum absolute atomic E-state index is 0.262. The summed E-state index contributed by atoms with van der Waals surface area (Å²) in [7, 11) is 1.71. The molecular weight excluding hydrogens is 273 g/mol. The van der Waals surface area contributed by atoms with Gasteiger partial charge >= 0.3 is 0 Å². The first kappa shape index (κ1) is 12.9. The predicted octanol–water partition coefficient (Wildman–Crippen LogP) is 3.29. The molecule has 0 saturated heterocycles. The summed E-state index contributed by atoms with van der Waals surface area (Å²) in [4.78, 5) is 12.0. The van der Waals surface area contributed by atoms with Gasteiger partial charge in [-0.05, 0) is 31.2 Å². The highest BCUT2D eigenvalue weighted by Crippen LogP contribution is 2.25. The molecule has 0 saturated carbocycles. The minimum atomic E-state index is -0.262. The van der Waals surface area contributed by atoms with Crippen LogP contribution in [0.25, 0.3) is 0 Å². The quantitative estimate of drug-likeness (QED) is 0.919. The van der Waals surface area contributed by atoms with Crippen LogP contribution < -0.4 is 5.32 Å².